The van der Waals surface area contributed by atoms with E-state index in [9.17, 15) is 19.2 Å². The van der Waals surface area contributed by atoms with Crippen molar-refractivity contribution in [2.75, 3.05) is 13.1 Å². The first kappa shape index (κ1) is 22.5. The van der Waals surface area contributed by atoms with Crippen molar-refractivity contribution in [3.8, 4) is 0 Å². The molecule has 0 atom stereocenters. The Morgan fingerprint density at radius 3 is 2.52 bits per heavy atom. The topological polar surface area (TPSA) is 106 Å². The number of imide groups is 1. The molecule has 1 fully saturated rings. The molecule has 3 heterocycles. The van der Waals surface area contributed by atoms with Crippen molar-refractivity contribution in [1.82, 2.24) is 24.3 Å². The second kappa shape index (κ2) is 9.86. The van der Waals surface area contributed by atoms with E-state index in [0.29, 0.717) is 11.4 Å². The number of nitrogens with one attached hydrogen (secondary N) is 1. The van der Waals surface area contributed by atoms with E-state index in [0.717, 1.165) is 33.3 Å². The minimum absolute atomic E-state index is 0.0792. The van der Waals surface area contributed by atoms with Crippen LogP contribution in [0.4, 0.5) is 4.79 Å². The lowest BCUT2D eigenvalue weighted by Crippen LogP contribution is -2.37. The first-order valence-electron chi connectivity index (χ1n) is 10.6. The number of aryl methyl sites for hydroxylation is 2. The van der Waals surface area contributed by atoms with E-state index >= 15 is 0 Å². The lowest BCUT2D eigenvalue weighted by atomic mass is 10.2. The molecule has 4 rings (SSSR count). The van der Waals surface area contributed by atoms with E-state index in [1.807, 2.05) is 31.2 Å². The molecule has 9 nitrogen and oxygen atoms in total. The van der Waals surface area contributed by atoms with Crippen molar-refractivity contribution in [1.29, 1.82) is 0 Å². The molecule has 0 spiro atoms. The molecule has 3 amide bonds. The molecule has 2 aromatic heterocycles. The quantitative estimate of drug-likeness (QED) is 0.512. The molecule has 0 radical (unpaired) electrons. The molecule has 0 unspecified atom stereocenters. The van der Waals surface area contributed by atoms with Crippen LogP contribution in [0, 0.1) is 0 Å². The van der Waals surface area contributed by atoms with E-state index in [1.54, 1.807) is 39.7 Å². The Balaban J connectivity index is 1.32. The van der Waals surface area contributed by atoms with Crippen LogP contribution >= 0.6 is 11.8 Å². The number of imidazole rings is 1. The van der Waals surface area contributed by atoms with Gasteiger partial charge in [0.2, 0.25) is 5.91 Å². The molecule has 1 aliphatic rings. The van der Waals surface area contributed by atoms with Gasteiger partial charge in [-0.1, -0.05) is 18.2 Å². The number of carbonyl (C=O) groups is 3. The van der Waals surface area contributed by atoms with E-state index in [1.165, 1.54) is 0 Å². The molecular weight excluding hydrogens is 442 g/mol. The minimum Gasteiger partial charge on any atom is -0.354 e. The molecule has 1 aromatic carbocycles. The van der Waals surface area contributed by atoms with Crippen LogP contribution in [0.25, 0.3) is 17.1 Å². The number of pyridine rings is 1. The molecule has 10 heteroatoms. The van der Waals surface area contributed by atoms with Crippen molar-refractivity contribution in [2.45, 2.75) is 26.4 Å². The lowest BCUT2D eigenvalue weighted by Gasteiger charge is -2.13. The summed E-state index contributed by atoms with van der Waals surface area (Å²) in [5.74, 6) is -0.643. The predicted octanol–water partition coefficient (Wildman–Crippen LogP) is 2.46. The summed E-state index contributed by atoms with van der Waals surface area (Å²) in [5.41, 5.74) is 2.21. The van der Waals surface area contributed by atoms with Gasteiger partial charge < -0.3 is 5.32 Å². The lowest BCUT2D eigenvalue weighted by molar-refractivity contribution is -0.124. The Labute approximate surface area is 194 Å². The summed E-state index contributed by atoms with van der Waals surface area (Å²) in [5, 5.41) is 2.36. The third kappa shape index (κ3) is 4.75. The van der Waals surface area contributed by atoms with Gasteiger partial charge in [-0.25, -0.2) is 4.79 Å². The fourth-order valence-electron chi connectivity index (χ4n) is 3.71. The van der Waals surface area contributed by atoms with Gasteiger partial charge in [-0.3, -0.25) is 33.4 Å². The van der Waals surface area contributed by atoms with Gasteiger partial charge in [0.05, 0.1) is 15.9 Å². The van der Waals surface area contributed by atoms with Gasteiger partial charge in [0.25, 0.3) is 11.1 Å². The number of nitrogens with zero attached hydrogens (tertiary/aromatic N) is 4. The van der Waals surface area contributed by atoms with Gasteiger partial charge >= 0.3 is 5.69 Å². The molecular formula is C23H23N5O4S. The van der Waals surface area contributed by atoms with Crippen LogP contribution in [0.15, 0.2) is 58.5 Å². The molecule has 33 heavy (non-hydrogen) atoms. The number of thioether (sulfide) groups is 1. The summed E-state index contributed by atoms with van der Waals surface area (Å²) >= 11 is 0.868. The molecule has 1 saturated heterocycles. The maximum atomic E-state index is 12.7. The number of rotatable bonds is 8. The molecule has 1 N–H and O–H groups in total. The number of para-hydroxylation sites is 2. The largest absolute Gasteiger partial charge is 0.354 e. The van der Waals surface area contributed by atoms with Crippen molar-refractivity contribution in [3.63, 3.8) is 0 Å². The molecule has 0 saturated carbocycles. The second-order valence-corrected chi connectivity index (χ2v) is 8.38. The SMILES string of the molecule is CCn1c(=O)n(CCC(=O)NCCN2C(=O)SC(=Cc3cccnc3)C2=O)c2ccccc21. The third-order valence-corrected chi connectivity index (χ3v) is 6.22. The normalized spacial score (nSPS) is 15.1. The van der Waals surface area contributed by atoms with Gasteiger partial charge in [0, 0.05) is 45.0 Å². The van der Waals surface area contributed by atoms with Crippen molar-refractivity contribution < 1.29 is 14.4 Å². The number of hydrogen-bond donors (Lipinski definition) is 1. The maximum Gasteiger partial charge on any atom is 0.329 e. The summed E-state index contributed by atoms with van der Waals surface area (Å²) in [6.07, 6.45) is 4.97. The number of benzene rings is 1. The Morgan fingerprint density at radius 2 is 1.82 bits per heavy atom. The van der Waals surface area contributed by atoms with Crippen molar-refractivity contribution >= 4 is 45.9 Å². The molecule has 0 bridgehead atoms. The monoisotopic (exact) mass is 465 g/mol. The highest BCUT2D eigenvalue weighted by Gasteiger charge is 2.34. The van der Waals surface area contributed by atoms with Crippen LogP contribution in [-0.2, 0) is 22.7 Å². The van der Waals surface area contributed by atoms with Crippen LogP contribution in [0.5, 0.6) is 0 Å². The van der Waals surface area contributed by atoms with E-state index in [4.69, 9.17) is 0 Å². The van der Waals surface area contributed by atoms with E-state index in [-0.39, 0.29) is 48.8 Å². The summed E-state index contributed by atoms with van der Waals surface area (Å²) in [6.45, 7) is 2.92. The first-order valence-corrected chi connectivity index (χ1v) is 11.4. The Bertz CT molecular complexity index is 1300. The zero-order valence-electron chi connectivity index (χ0n) is 18.1. The summed E-state index contributed by atoms with van der Waals surface area (Å²) in [7, 11) is 0. The van der Waals surface area contributed by atoms with Gasteiger partial charge in [0.1, 0.15) is 0 Å². The van der Waals surface area contributed by atoms with Crippen LogP contribution in [-0.4, -0.2) is 49.2 Å². The minimum atomic E-state index is -0.387. The van der Waals surface area contributed by atoms with Crippen LogP contribution in [0.2, 0.25) is 0 Å². The van der Waals surface area contributed by atoms with Gasteiger partial charge in [-0.05, 0) is 48.5 Å². The van der Waals surface area contributed by atoms with Gasteiger partial charge in [0.15, 0.2) is 0 Å². The zero-order chi connectivity index (χ0) is 23.4. The number of hydrogen-bond acceptors (Lipinski definition) is 6. The zero-order valence-corrected chi connectivity index (χ0v) is 18.9. The fourth-order valence-corrected chi connectivity index (χ4v) is 4.57. The maximum absolute atomic E-state index is 12.7. The standard InChI is InChI=1S/C23H23N5O4S/c1-2-26-17-7-3-4-8-18(17)27(22(26)31)12-9-20(29)25-11-13-28-21(30)19(33-23(28)32)14-16-6-5-10-24-15-16/h3-8,10,14-15H,2,9,11-13H2,1H3,(H,25,29). The van der Waals surface area contributed by atoms with Crippen molar-refractivity contribution in [2.24, 2.45) is 0 Å². The first-order chi connectivity index (χ1) is 16.0. The Kier molecular flexibility index (Phi) is 6.74. The highest BCUT2D eigenvalue weighted by molar-refractivity contribution is 8.18. The molecule has 0 aliphatic carbocycles. The number of carbonyl (C=O) groups excluding carboxylic acids is 3. The molecule has 3 aromatic rings. The third-order valence-electron chi connectivity index (χ3n) is 5.32. The average molecular weight is 466 g/mol. The summed E-state index contributed by atoms with van der Waals surface area (Å²) in [4.78, 5) is 55.2. The van der Waals surface area contributed by atoms with E-state index in [2.05, 4.69) is 10.3 Å². The highest BCUT2D eigenvalue weighted by atomic mass is 32.2. The molecule has 170 valence electrons. The van der Waals surface area contributed by atoms with Crippen LogP contribution < -0.4 is 11.0 Å². The number of amides is 3. The summed E-state index contributed by atoms with van der Waals surface area (Å²) in [6, 6.07) is 11.0. The van der Waals surface area contributed by atoms with Gasteiger partial charge in [-0.2, -0.15) is 0 Å². The van der Waals surface area contributed by atoms with Crippen LogP contribution in [0.3, 0.4) is 0 Å². The second-order valence-electron chi connectivity index (χ2n) is 7.39. The van der Waals surface area contributed by atoms with E-state index < -0.39 is 0 Å². The number of aromatic nitrogens is 3. The summed E-state index contributed by atoms with van der Waals surface area (Å²) < 4.78 is 3.27. The van der Waals surface area contributed by atoms with Gasteiger partial charge in [-0.15, -0.1) is 0 Å². The Hall–Kier alpha value is -3.66. The smallest absolute Gasteiger partial charge is 0.329 e. The molecule has 1 aliphatic heterocycles. The highest BCUT2D eigenvalue weighted by Crippen LogP contribution is 2.31. The predicted molar refractivity (Wildman–Crippen MR) is 126 cm³/mol. The number of fused-ring (bicyclic) bond motifs is 1. The van der Waals surface area contributed by atoms with Crippen LogP contribution in [0.1, 0.15) is 18.9 Å². The average Bonchev–Trinajstić information content (AvgIpc) is 3.25. The Morgan fingerprint density at radius 1 is 1.06 bits per heavy atom. The van der Waals surface area contributed by atoms with Crippen molar-refractivity contribution in [3.05, 3.63) is 69.7 Å². The fraction of sp³-hybridized carbons (Fsp3) is 0.261.